The molecule has 1 unspecified atom stereocenters. The summed E-state index contributed by atoms with van der Waals surface area (Å²) >= 11 is 0. The Bertz CT molecular complexity index is 696. The van der Waals surface area contributed by atoms with Gasteiger partial charge < -0.3 is 14.8 Å². The van der Waals surface area contributed by atoms with Crippen LogP contribution in [0, 0.1) is 12.8 Å². The number of anilines is 1. The largest absolute Gasteiger partial charge is 0.497 e. The van der Waals surface area contributed by atoms with Crippen molar-refractivity contribution in [2.75, 3.05) is 19.0 Å². The van der Waals surface area contributed by atoms with E-state index in [4.69, 9.17) is 9.47 Å². The van der Waals surface area contributed by atoms with Crippen LogP contribution >= 0.6 is 0 Å². The van der Waals surface area contributed by atoms with Crippen LogP contribution < -0.4 is 14.8 Å². The Morgan fingerprint density at radius 3 is 2.86 bits per heavy atom. The number of nitrogens with one attached hydrogen (secondary N) is 1. The van der Waals surface area contributed by atoms with Gasteiger partial charge in [0.2, 0.25) is 5.91 Å². The lowest BCUT2D eigenvalue weighted by Gasteiger charge is -2.25. The lowest BCUT2D eigenvalue weighted by atomic mass is 9.95. The maximum atomic E-state index is 12.5. The zero-order valence-electron chi connectivity index (χ0n) is 12.8. The predicted molar refractivity (Wildman–Crippen MR) is 85.5 cm³/mol. The molecule has 1 heterocycles. The first-order valence-electron chi connectivity index (χ1n) is 7.33. The van der Waals surface area contributed by atoms with E-state index in [-0.39, 0.29) is 11.8 Å². The summed E-state index contributed by atoms with van der Waals surface area (Å²) in [6, 6.07) is 13.5. The third kappa shape index (κ3) is 2.91. The number of hydrogen-bond acceptors (Lipinski definition) is 3. The normalized spacial score (nSPS) is 16.4. The van der Waals surface area contributed by atoms with Gasteiger partial charge in [0.1, 0.15) is 18.1 Å². The van der Waals surface area contributed by atoms with Crippen LogP contribution in [0.2, 0.25) is 0 Å². The van der Waals surface area contributed by atoms with E-state index in [9.17, 15) is 4.79 Å². The summed E-state index contributed by atoms with van der Waals surface area (Å²) in [7, 11) is 1.63. The zero-order valence-corrected chi connectivity index (χ0v) is 12.8. The molecule has 0 radical (unpaired) electrons. The van der Waals surface area contributed by atoms with Crippen molar-refractivity contribution in [3.8, 4) is 11.5 Å². The smallest absolute Gasteiger partial charge is 0.231 e. The molecule has 0 aromatic heterocycles. The van der Waals surface area contributed by atoms with Crippen LogP contribution in [-0.2, 0) is 11.2 Å². The molecule has 2 aromatic rings. The van der Waals surface area contributed by atoms with Gasteiger partial charge in [-0.15, -0.1) is 0 Å². The minimum absolute atomic E-state index is 0.0113. The van der Waals surface area contributed by atoms with Gasteiger partial charge in [0, 0.05) is 5.69 Å². The highest BCUT2D eigenvalue weighted by Crippen LogP contribution is 2.31. The van der Waals surface area contributed by atoms with Crippen LogP contribution in [0.15, 0.2) is 42.5 Å². The van der Waals surface area contributed by atoms with Gasteiger partial charge in [-0.3, -0.25) is 4.79 Å². The first-order chi connectivity index (χ1) is 10.7. The quantitative estimate of drug-likeness (QED) is 0.946. The Kier molecular flexibility index (Phi) is 4.00. The van der Waals surface area contributed by atoms with Crippen molar-refractivity contribution < 1.29 is 14.3 Å². The molecule has 1 N–H and O–H groups in total. The SMILES string of the molecule is COc1ccc2c(c1)CC(C(=O)Nc1ccccc1C)CO2. The summed E-state index contributed by atoms with van der Waals surface area (Å²) in [5, 5.41) is 2.99. The van der Waals surface area contributed by atoms with E-state index in [2.05, 4.69) is 5.32 Å². The first kappa shape index (κ1) is 14.4. The van der Waals surface area contributed by atoms with Crippen LogP contribution in [0.1, 0.15) is 11.1 Å². The number of aryl methyl sites for hydroxylation is 1. The Morgan fingerprint density at radius 1 is 1.27 bits per heavy atom. The molecule has 3 rings (SSSR count). The van der Waals surface area contributed by atoms with E-state index in [0.717, 1.165) is 28.3 Å². The summed E-state index contributed by atoms with van der Waals surface area (Å²) in [6.45, 7) is 2.38. The predicted octanol–water partition coefficient (Wildman–Crippen LogP) is 3.19. The van der Waals surface area contributed by atoms with Gasteiger partial charge in [-0.25, -0.2) is 0 Å². The third-order valence-corrected chi connectivity index (χ3v) is 3.95. The Morgan fingerprint density at radius 2 is 2.09 bits per heavy atom. The Hall–Kier alpha value is -2.49. The van der Waals surface area contributed by atoms with Gasteiger partial charge in [-0.05, 0) is 48.7 Å². The molecular formula is C18H19NO3. The molecule has 0 bridgehead atoms. The number of amides is 1. The molecule has 0 aliphatic carbocycles. The molecule has 1 aliphatic heterocycles. The van der Waals surface area contributed by atoms with E-state index >= 15 is 0 Å². The highest BCUT2D eigenvalue weighted by molar-refractivity contribution is 5.93. The van der Waals surface area contributed by atoms with Gasteiger partial charge >= 0.3 is 0 Å². The molecule has 2 aromatic carbocycles. The van der Waals surface area contributed by atoms with Crippen LogP contribution in [0.5, 0.6) is 11.5 Å². The molecule has 4 heteroatoms. The molecular weight excluding hydrogens is 278 g/mol. The van der Waals surface area contributed by atoms with Crippen LogP contribution in [-0.4, -0.2) is 19.6 Å². The number of fused-ring (bicyclic) bond motifs is 1. The maximum absolute atomic E-state index is 12.5. The van der Waals surface area contributed by atoms with E-state index in [0.29, 0.717) is 13.0 Å². The van der Waals surface area contributed by atoms with Gasteiger partial charge in [0.25, 0.3) is 0 Å². The molecule has 4 nitrogen and oxygen atoms in total. The van der Waals surface area contributed by atoms with Crippen molar-refractivity contribution in [3.63, 3.8) is 0 Å². The minimum atomic E-state index is -0.195. The Labute approximate surface area is 130 Å². The van der Waals surface area contributed by atoms with Crippen LogP contribution in [0.3, 0.4) is 0 Å². The lowest BCUT2D eigenvalue weighted by molar-refractivity contribution is -0.121. The lowest BCUT2D eigenvalue weighted by Crippen LogP contribution is -2.32. The monoisotopic (exact) mass is 297 g/mol. The van der Waals surface area contributed by atoms with E-state index in [1.807, 2.05) is 49.4 Å². The summed E-state index contributed by atoms with van der Waals surface area (Å²) in [5.74, 6) is 1.41. The molecule has 0 saturated carbocycles. The molecule has 1 atom stereocenters. The van der Waals surface area contributed by atoms with E-state index < -0.39 is 0 Å². The molecule has 1 aliphatic rings. The molecule has 0 spiro atoms. The summed E-state index contributed by atoms with van der Waals surface area (Å²) < 4.78 is 10.9. The van der Waals surface area contributed by atoms with Crippen molar-refractivity contribution in [3.05, 3.63) is 53.6 Å². The zero-order chi connectivity index (χ0) is 15.5. The average Bonchev–Trinajstić information content (AvgIpc) is 2.55. The van der Waals surface area contributed by atoms with Crippen LogP contribution in [0.4, 0.5) is 5.69 Å². The molecule has 0 saturated heterocycles. The number of carbonyl (C=O) groups is 1. The van der Waals surface area contributed by atoms with Crippen molar-refractivity contribution in [1.29, 1.82) is 0 Å². The van der Waals surface area contributed by atoms with Crippen molar-refractivity contribution >= 4 is 11.6 Å². The second-order valence-electron chi connectivity index (χ2n) is 5.49. The minimum Gasteiger partial charge on any atom is -0.497 e. The maximum Gasteiger partial charge on any atom is 0.231 e. The van der Waals surface area contributed by atoms with Crippen molar-refractivity contribution in [2.45, 2.75) is 13.3 Å². The fraction of sp³-hybridized carbons (Fsp3) is 0.278. The topological polar surface area (TPSA) is 47.6 Å². The highest BCUT2D eigenvalue weighted by atomic mass is 16.5. The number of methoxy groups -OCH3 is 1. The van der Waals surface area contributed by atoms with Crippen molar-refractivity contribution in [1.82, 2.24) is 0 Å². The number of para-hydroxylation sites is 1. The van der Waals surface area contributed by atoms with E-state index in [1.54, 1.807) is 7.11 Å². The number of ether oxygens (including phenoxy) is 2. The van der Waals surface area contributed by atoms with E-state index in [1.165, 1.54) is 0 Å². The first-order valence-corrected chi connectivity index (χ1v) is 7.33. The van der Waals surface area contributed by atoms with Gasteiger partial charge in [-0.1, -0.05) is 18.2 Å². The number of rotatable bonds is 3. The van der Waals surface area contributed by atoms with Gasteiger partial charge in [0.05, 0.1) is 13.0 Å². The highest BCUT2D eigenvalue weighted by Gasteiger charge is 2.26. The molecule has 0 fully saturated rings. The summed E-state index contributed by atoms with van der Waals surface area (Å²) in [4.78, 5) is 12.5. The fourth-order valence-corrected chi connectivity index (χ4v) is 2.61. The summed E-state index contributed by atoms with van der Waals surface area (Å²) in [6.07, 6.45) is 0.657. The molecule has 1 amide bonds. The number of benzene rings is 2. The third-order valence-electron chi connectivity index (χ3n) is 3.95. The van der Waals surface area contributed by atoms with Crippen molar-refractivity contribution in [2.24, 2.45) is 5.92 Å². The standard InChI is InChI=1S/C18H19NO3/c1-12-5-3-4-6-16(12)19-18(20)14-9-13-10-15(21-2)7-8-17(13)22-11-14/h3-8,10,14H,9,11H2,1-2H3,(H,19,20). The van der Waals surface area contributed by atoms with Gasteiger partial charge in [0.15, 0.2) is 0 Å². The second kappa shape index (κ2) is 6.10. The Balaban J connectivity index is 1.73. The number of hydrogen-bond donors (Lipinski definition) is 1. The molecule has 114 valence electrons. The second-order valence-corrected chi connectivity index (χ2v) is 5.49. The van der Waals surface area contributed by atoms with Crippen LogP contribution in [0.25, 0.3) is 0 Å². The number of carbonyl (C=O) groups excluding carboxylic acids is 1. The summed E-state index contributed by atoms with van der Waals surface area (Å²) in [5.41, 5.74) is 2.91. The fourth-order valence-electron chi connectivity index (χ4n) is 2.61. The van der Waals surface area contributed by atoms with Gasteiger partial charge in [-0.2, -0.15) is 0 Å². The molecule has 22 heavy (non-hydrogen) atoms. The average molecular weight is 297 g/mol.